The summed E-state index contributed by atoms with van der Waals surface area (Å²) in [5.41, 5.74) is -0.823. The normalized spacial score (nSPS) is 23.4. The van der Waals surface area contributed by atoms with Gasteiger partial charge < -0.3 is 25.8 Å². The van der Waals surface area contributed by atoms with E-state index in [1.165, 1.54) is 48.8 Å². The van der Waals surface area contributed by atoms with Gasteiger partial charge in [0, 0.05) is 16.8 Å². The van der Waals surface area contributed by atoms with Crippen molar-refractivity contribution in [3.8, 4) is 5.75 Å². The number of carbonyl (C=O) groups excluding carboxylic acids is 2. The molecule has 216 valence electrons. The van der Waals surface area contributed by atoms with Crippen molar-refractivity contribution in [1.29, 1.82) is 0 Å². The van der Waals surface area contributed by atoms with Gasteiger partial charge in [0.05, 0.1) is 39.4 Å². The maximum Gasteiger partial charge on any atom is 0.335 e. The minimum Gasteiger partial charge on any atom is -0.495 e. The lowest BCUT2D eigenvalue weighted by atomic mass is 9.65. The molecule has 4 N–H and O–H groups in total. The zero-order valence-electron chi connectivity index (χ0n) is 22.6. The van der Waals surface area contributed by atoms with Gasteiger partial charge in [-0.2, -0.15) is 0 Å². The number of ether oxygens (including phenoxy) is 1. The molecule has 8 nitrogen and oxygen atoms in total. The highest BCUT2D eigenvalue weighted by Crippen LogP contribution is 2.59. The van der Waals surface area contributed by atoms with Crippen LogP contribution < -0.4 is 20.7 Å². The molecule has 1 spiro atoms. The van der Waals surface area contributed by atoms with E-state index in [1.54, 1.807) is 12.1 Å². The molecule has 0 radical (unpaired) electrons. The van der Waals surface area contributed by atoms with Crippen molar-refractivity contribution in [2.45, 2.75) is 50.6 Å². The van der Waals surface area contributed by atoms with Crippen LogP contribution in [0.25, 0.3) is 0 Å². The van der Waals surface area contributed by atoms with Gasteiger partial charge in [0.25, 0.3) is 0 Å². The molecular formula is C29H28Cl2FN3O5S. The smallest absolute Gasteiger partial charge is 0.335 e. The van der Waals surface area contributed by atoms with Crippen LogP contribution in [0.15, 0.2) is 42.5 Å². The van der Waals surface area contributed by atoms with Gasteiger partial charge >= 0.3 is 5.97 Å². The summed E-state index contributed by atoms with van der Waals surface area (Å²) >= 11 is 13.9. The fourth-order valence-corrected chi connectivity index (χ4v) is 7.64. The first-order valence-electron chi connectivity index (χ1n) is 12.8. The van der Waals surface area contributed by atoms with Gasteiger partial charge in [0.1, 0.15) is 17.0 Å². The highest BCUT2D eigenvalue weighted by molar-refractivity contribution is 7.17. The van der Waals surface area contributed by atoms with Gasteiger partial charge in [-0.15, -0.1) is 11.3 Å². The van der Waals surface area contributed by atoms with Crippen LogP contribution in [0.3, 0.4) is 0 Å². The molecule has 0 aliphatic carbocycles. The van der Waals surface area contributed by atoms with Crippen LogP contribution in [0.5, 0.6) is 5.75 Å². The summed E-state index contributed by atoms with van der Waals surface area (Å²) < 4.78 is 21.6. The molecule has 12 heteroatoms. The first-order chi connectivity index (χ1) is 19.3. The van der Waals surface area contributed by atoms with E-state index in [2.05, 4.69) is 16.0 Å². The lowest BCUT2D eigenvalue weighted by Crippen LogP contribution is -2.49. The third-order valence-electron chi connectivity index (χ3n) is 7.58. The van der Waals surface area contributed by atoms with Crippen LogP contribution in [0.4, 0.5) is 15.8 Å². The van der Waals surface area contributed by atoms with E-state index < -0.39 is 41.1 Å². The second-order valence-corrected chi connectivity index (χ2v) is 13.5. The van der Waals surface area contributed by atoms with Gasteiger partial charge in [0.15, 0.2) is 0 Å². The number of carboxylic acid groups (broad SMARTS) is 1. The molecule has 2 aliphatic rings. The topological polar surface area (TPSA) is 117 Å². The van der Waals surface area contributed by atoms with Crippen LogP contribution in [0.1, 0.15) is 53.9 Å². The summed E-state index contributed by atoms with van der Waals surface area (Å²) in [4.78, 5) is 40.3. The van der Waals surface area contributed by atoms with E-state index >= 15 is 4.39 Å². The zero-order valence-corrected chi connectivity index (χ0v) is 24.9. The molecule has 1 saturated heterocycles. The number of carbonyl (C=O) groups is 3. The van der Waals surface area contributed by atoms with Crippen molar-refractivity contribution in [3.05, 3.63) is 73.6 Å². The molecule has 0 saturated carbocycles. The van der Waals surface area contributed by atoms with Crippen LogP contribution in [-0.4, -0.2) is 42.1 Å². The van der Waals surface area contributed by atoms with E-state index in [-0.39, 0.29) is 38.9 Å². The Hall–Kier alpha value is -3.18. The number of methoxy groups -OCH3 is 1. The predicted octanol–water partition coefficient (Wildman–Crippen LogP) is 6.29. The van der Waals surface area contributed by atoms with Gasteiger partial charge in [0.2, 0.25) is 11.8 Å². The van der Waals surface area contributed by atoms with Crippen molar-refractivity contribution >= 4 is 63.7 Å². The number of benzene rings is 2. The molecule has 5 rings (SSSR count). The summed E-state index contributed by atoms with van der Waals surface area (Å²) in [6.07, 6.45) is 0.467. The van der Waals surface area contributed by atoms with Crippen molar-refractivity contribution in [2.75, 3.05) is 17.7 Å². The summed E-state index contributed by atoms with van der Waals surface area (Å²) in [6.45, 7) is 6.07. The Bertz CT molecular complexity index is 1570. The highest BCUT2D eigenvalue weighted by atomic mass is 35.5. The molecule has 2 aromatic carbocycles. The van der Waals surface area contributed by atoms with E-state index in [4.69, 9.17) is 27.9 Å². The fourth-order valence-electron chi connectivity index (χ4n) is 6.00. The minimum absolute atomic E-state index is 0.0216. The summed E-state index contributed by atoms with van der Waals surface area (Å²) in [5.74, 6) is -3.68. The molecule has 0 unspecified atom stereocenters. The number of rotatable bonds is 6. The Morgan fingerprint density at radius 2 is 1.93 bits per heavy atom. The van der Waals surface area contributed by atoms with Gasteiger partial charge in [-0.05, 0) is 47.7 Å². The lowest BCUT2D eigenvalue weighted by molar-refractivity contribution is -0.122. The van der Waals surface area contributed by atoms with Crippen LogP contribution in [-0.2, 0) is 15.0 Å². The SMILES string of the molecule is COc1cc(C(=O)O)ccc1NC(=O)[C@@H]1N[C@@H](CC(C)(C)C)[C@@]2(C(=O)Nc3cc(Cl)sc32)[C@H]1c1cccc(Cl)c1F. The molecule has 2 aliphatic heterocycles. The maximum absolute atomic E-state index is 15.8. The Balaban J connectivity index is 1.69. The van der Waals surface area contributed by atoms with E-state index in [0.29, 0.717) is 21.3 Å². The molecule has 41 heavy (non-hydrogen) atoms. The number of aromatic carboxylic acids is 1. The molecule has 1 aromatic heterocycles. The Labute approximate surface area is 250 Å². The molecule has 3 heterocycles. The average Bonchev–Trinajstić information content (AvgIpc) is 3.50. The number of hydrogen-bond acceptors (Lipinski definition) is 6. The van der Waals surface area contributed by atoms with Gasteiger partial charge in [-0.3, -0.25) is 9.59 Å². The van der Waals surface area contributed by atoms with E-state index in [0.717, 1.165) is 0 Å². The number of anilines is 2. The largest absolute Gasteiger partial charge is 0.495 e. The number of thiophene rings is 1. The van der Waals surface area contributed by atoms with E-state index in [9.17, 15) is 19.5 Å². The Kier molecular flexibility index (Phi) is 7.57. The summed E-state index contributed by atoms with van der Waals surface area (Å²) in [5, 5.41) is 18.4. The van der Waals surface area contributed by atoms with Crippen molar-refractivity contribution in [1.82, 2.24) is 5.32 Å². The first kappa shape index (κ1) is 29.3. The quantitative estimate of drug-likeness (QED) is 0.258. The fraction of sp³-hybridized carbons (Fsp3) is 0.345. The maximum atomic E-state index is 15.8. The van der Waals surface area contributed by atoms with Crippen molar-refractivity contribution < 1.29 is 28.6 Å². The third kappa shape index (κ3) is 4.97. The monoisotopic (exact) mass is 619 g/mol. The van der Waals surface area contributed by atoms with Crippen molar-refractivity contribution in [3.63, 3.8) is 0 Å². The van der Waals surface area contributed by atoms with Gasteiger partial charge in [-0.25, -0.2) is 9.18 Å². The Morgan fingerprint density at radius 3 is 2.59 bits per heavy atom. The number of nitrogens with one attached hydrogen (secondary N) is 3. The van der Waals surface area contributed by atoms with Gasteiger partial charge in [-0.1, -0.05) is 56.1 Å². The average molecular weight is 621 g/mol. The van der Waals surface area contributed by atoms with Crippen LogP contribution >= 0.6 is 34.5 Å². The third-order valence-corrected chi connectivity index (χ3v) is 9.28. The number of carboxylic acids is 1. The number of fused-ring (bicyclic) bond motifs is 2. The second-order valence-electron chi connectivity index (χ2n) is 11.4. The standard InChI is InChI=1S/C29H28Cl2FN3O5S/c1-28(2,3)12-19-29(24-17(34-27(29)39)11-20(31)41-24)21(14-6-5-7-15(30)22(14)32)23(35-19)25(36)33-16-9-8-13(26(37)38)10-18(16)40-4/h5-11,19,21,23,35H,12H2,1-4H3,(H,33,36)(H,34,39)(H,37,38)/t19-,21-,23+,29+/m0/s1. The summed E-state index contributed by atoms with van der Waals surface area (Å²) in [7, 11) is 1.36. The van der Waals surface area contributed by atoms with Crippen LogP contribution in [0, 0.1) is 11.2 Å². The molecule has 4 atom stereocenters. The lowest BCUT2D eigenvalue weighted by Gasteiger charge is -2.37. The highest BCUT2D eigenvalue weighted by Gasteiger charge is 2.67. The van der Waals surface area contributed by atoms with E-state index in [1.807, 2.05) is 20.8 Å². The predicted molar refractivity (Wildman–Crippen MR) is 157 cm³/mol. The number of amides is 2. The molecule has 2 amide bonds. The van der Waals surface area contributed by atoms with Crippen molar-refractivity contribution in [2.24, 2.45) is 5.41 Å². The van der Waals surface area contributed by atoms with Crippen LogP contribution in [0.2, 0.25) is 9.36 Å². The number of hydrogen-bond donors (Lipinski definition) is 4. The molecule has 1 fully saturated rings. The molecular weight excluding hydrogens is 592 g/mol. The Morgan fingerprint density at radius 1 is 1.20 bits per heavy atom. The zero-order chi connectivity index (χ0) is 29.9. The first-order valence-corrected chi connectivity index (χ1v) is 14.4. The number of halogens is 3. The molecule has 0 bridgehead atoms. The molecule has 3 aromatic rings. The minimum atomic E-state index is -1.38. The second kappa shape index (κ2) is 10.6. The summed E-state index contributed by atoms with van der Waals surface area (Å²) in [6, 6.07) is 8.57.